The fourth-order valence-electron chi connectivity index (χ4n) is 3.01. The van der Waals surface area contributed by atoms with Gasteiger partial charge in [-0.25, -0.2) is 4.98 Å². The average molecular weight is 357 g/mol. The molecule has 1 atom stereocenters. The van der Waals surface area contributed by atoms with Crippen LogP contribution in [0, 0.1) is 0 Å². The topological polar surface area (TPSA) is 21.1 Å². The van der Waals surface area contributed by atoms with Crippen molar-refractivity contribution >= 4 is 38.6 Å². The molecular weight excluding hydrogens is 338 g/mol. The van der Waals surface area contributed by atoms with Gasteiger partial charge in [0.1, 0.15) is 5.82 Å². The zero-order chi connectivity index (χ0) is 14.3. The molecular formula is C15H19BrClN3. The molecule has 0 spiro atoms. The maximum Gasteiger partial charge on any atom is 0.127 e. The maximum absolute atomic E-state index is 6.36. The van der Waals surface area contributed by atoms with Gasteiger partial charge in [-0.15, -0.1) is 11.6 Å². The summed E-state index contributed by atoms with van der Waals surface area (Å²) in [4.78, 5) is 7.14. The number of aromatic nitrogens is 2. The number of fused-ring (bicyclic) bond motifs is 1. The molecule has 1 unspecified atom stereocenters. The maximum atomic E-state index is 6.36. The van der Waals surface area contributed by atoms with Gasteiger partial charge in [0.25, 0.3) is 0 Å². The van der Waals surface area contributed by atoms with Crippen molar-refractivity contribution in [2.75, 3.05) is 20.1 Å². The number of hydrogen-bond acceptors (Lipinski definition) is 2. The second-order valence-corrected chi connectivity index (χ2v) is 7.19. The van der Waals surface area contributed by atoms with Crippen LogP contribution in [0.5, 0.6) is 0 Å². The molecule has 0 amide bonds. The number of halogens is 2. The second kappa shape index (κ2) is 5.66. The SMILES string of the molecule is CC(Cl)c1nc2cc(Br)ccc2n1C1CCN(C)CC1. The highest BCUT2D eigenvalue weighted by molar-refractivity contribution is 9.10. The van der Waals surface area contributed by atoms with E-state index in [2.05, 4.69) is 50.6 Å². The summed E-state index contributed by atoms with van der Waals surface area (Å²) in [5.74, 6) is 0.995. The number of benzene rings is 1. The number of likely N-dealkylation sites (tertiary alicyclic amines) is 1. The molecule has 0 radical (unpaired) electrons. The molecule has 1 aromatic heterocycles. The van der Waals surface area contributed by atoms with Crippen molar-refractivity contribution in [1.29, 1.82) is 0 Å². The summed E-state index contributed by atoms with van der Waals surface area (Å²) in [6.45, 7) is 4.28. The lowest BCUT2D eigenvalue weighted by Crippen LogP contribution is -2.32. The Balaban J connectivity index is 2.09. The molecule has 1 saturated heterocycles. The monoisotopic (exact) mass is 355 g/mol. The van der Waals surface area contributed by atoms with Crippen LogP contribution in [0.1, 0.15) is 37.0 Å². The number of alkyl halides is 1. The van der Waals surface area contributed by atoms with Crippen LogP contribution in [0.15, 0.2) is 22.7 Å². The third-order valence-corrected chi connectivity index (χ3v) is 4.78. The third-order valence-electron chi connectivity index (χ3n) is 4.09. The minimum absolute atomic E-state index is 0.0687. The molecule has 108 valence electrons. The van der Waals surface area contributed by atoms with E-state index in [0.717, 1.165) is 41.7 Å². The first-order chi connectivity index (χ1) is 9.56. The highest BCUT2D eigenvalue weighted by Gasteiger charge is 2.24. The van der Waals surface area contributed by atoms with Gasteiger partial charge in [-0.05, 0) is 58.1 Å². The summed E-state index contributed by atoms with van der Waals surface area (Å²) in [7, 11) is 2.18. The fourth-order valence-corrected chi connectivity index (χ4v) is 3.51. The van der Waals surface area contributed by atoms with E-state index >= 15 is 0 Å². The minimum atomic E-state index is -0.0687. The zero-order valence-corrected chi connectivity index (χ0v) is 14.2. The van der Waals surface area contributed by atoms with Gasteiger partial charge in [0.05, 0.1) is 16.4 Å². The molecule has 3 rings (SSSR count). The van der Waals surface area contributed by atoms with Crippen LogP contribution in [0.2, 0.25) is 0 Å². The zero-order valence-electron chi connectivity index (χ0n) is 11.8. The normalized spacial score (nSPS) is 19.6. The largest absolute Gasteiger partial charge is 0.324 e. The van der Waals surface area contributed by atoms with E-state index in [0.29, 0.717) is 6.04 Å². The Labute approximate surface area is 133 Å². The summed E-state index contributed by atoms with van der Waals surface area (Å²) in [6.07, 6.45) is 2.32. The van der Waals surface area contributed by atoms with E-state index in [1.54, 1.807) is 0 Å². The van der Waals surface area contributed by atoms with Crippen LogP contribution in [-0.2, 0) is 0 Å². The number of hydrogen-bond donors (Lipinski definition) is 0. The molecule has 0 saturated carbocycles. The molecule has 1 aliphatic heterocycles. The van der Waals surface area contributed by atoms with Gasteiger partial charge >= 0.3 is 0 Å². The van der Waals surface area contributed by atoms with Crippen LogP contribution < -0.4 is 0 Å². The van der Waals surface area contributed by atoms with Gasteiger partial charge in [-0.1, -0.05) is 15.9 Å². The van der Waals surface area contributed by atoms with Crippen molar-refractivity contribution in [3.05, 3.63) is 28.5 Å². The smallest absolute Gasteiger partial charge is 0.127 e. The number of nitrogens with zero attached hydrogens (tertiary/aromatic N) is 3. The summed E-state index contributed by atoms with van der Waals surface area (Å²) in [5, 5.41) is -0.0687. The summed E-state index contributed by atoms with van der Waals surface area (Å²) in [6, 6.07) is 6.81. The first kappa shape index (κ1) is 14.4. The lowest BCUT2D eigenvalue weighted by molar-refractivity contribution is 0.221. The van der Waals surface area contributed by atoms with Crippen LogP contribution in [-0.4, -0.2) is 34.6 Å². The van der Waals surface area contributed by atoms with Gasteiger partial charge in [-0.2, -0.15) is 0 Å². The average Bonchev–Trinajstić information content (AvgIpc) is 2.78. The van der Waals surface area contributed by atoms with Crippen molar-refractivity contribution in [2.24, 2.45) is 0 Å². The Morgan fingerprint density at radius 1 is 1.35 bits per heavy atom. The van der Waals surface area contributed by atoms with Crippen LogP contribution >= 0.6 is 27.5 Å². The summed E-state index contributed by atoms with van der Waals surface area (Å²) >= 11 is 9.88. The van der Waals surface area contributed by atoms with Gasteiger partial charge < -0.3 is 9.47 Å². The predicted molar refractivity (Wildman–Crippen MR) is 87.5 cm³/mol. The van der Waals surface area contributed by atoms with Crippen molar-refractivity contribution in [3.8, 4) is 0 Å². The molecule has 2 aromatic rings. The van der Waals surface area contributed by atoms with Crippen molar-refractivity contribution in [3.63, 3.8) is 0 Å². The first-order valence-corrected chi connectivity index (χ1v) is 8.29. The highest BCUT2D eigenvalue weighted by atomic mass is 79.9. The van der Waals surface area contributed by atoms with Crippen molar-refractivity contribution in [1.82, 2.24) is 14.5 Å². The minimum Gasteiger partial charge on any atom is -0.324 e. The van der Waals surface area contributed by atoms with Crippen LogP contribution in [0.4, 0.5) is 0 Å². The quantitative estimate of drug-likeness (QED) is 0.745. The molecule has 0 aliphatic carbocycles. The van der Waals surface area contributed by atoms with E-state index in [1.165, 1.54) is 5.52 Å². The second-order valence-electron chi connectivity index (χ2n) is 5.62. The van der Waals surface area contributed by atoms with E-state index in [4.69, 9.17) is 16.6 Å². The molecule has 0 bridgehead atoms. The van der Waals surface area contributed by atoms with Gasteiger partial charge in [-0.3, -0.25) is 0 Å². The predicted octanol–water partition coefficient (Wildman–Crippen LogP) is 4.37. The van der Waals surface area contributed by atoms with Crippen molar-refractivity contribution < 1.29 is 0 Å². The molecule has 1 aromatic carbocycles. The molecule has 5 heteroatoms. The third kappa shape index (κ3) is 2.61. The molecule has 1 aliphatic rings. The molecule has 20 heavy (non-hydrogen) atoms. The van der Waals surface area contributed by atoms with Crippen LogP contribution in [0.3, 0.4) is 0 Å². The van der Waals surface area contributed by atoms with Crippen LogP contribution in [0.25, 0.3) is 11.0 Å². The Morgan fingerprint density at radius 3 is 2.70 bits per heavy atom. The van der Waals surface area contributed by atoms with Crippen molar-refractivity contribution in [2.45, 2.75) is 31.2 Å². The lowest BCUT2D eigenvalue weighted by atomic mass is 10.0. The first-order valence-electron chi connectivity index (χ1n) is 7.06. The molecule has 1 fully saturated rings. The number of piperidine rings is 1. The van der Waals surface area contributed by atoms with Gasteiger partial charge in [0.2, 0.25) is 0 Å². The van der Waals surface area contributed by atoms with E-state index < -0.39 is 0 Å². The molecule has 0 N–H and O–H groups in total. The summed E-state index contributed by atoms with van der Waals surface area (Å²) < 4.78 is 3.43. The standard InChI is InChI=1S/C15H19BrClN3/c1-10(17)15-18-13-9-11(16)3-4-14(13)20(15)12-5-7-19(2)8-6-12/h3-4,9-10,12H,5-8H2,1-2H3. The molecule has 3 nitrogen and oxygen atoms in total. The number of imidazole rings is 1. The fraction of sp³-hybridized carbons (Fsp3) is 0.533. The lowest BCUT2D eigenvalue weighted by Gasteiger charge is -2.31. The Hall–Kier alpha value is -0.580. The van der Waals surface area contributed by atoms with E-state index in [1.807, 2.05) is 6.92 Å². The van der Waals surface area contributed by atoms with E-state index in [-0.39, 0.29) is 5.38 Å². The Kier molecular flexibility index (Phi) is 4.07. The van der Waals surface area contributed by atoms with Gasteiger partial charge in [0.15, 0.2) is 0 Å². The summed E-state index contributed by atoms with van der Waals surface area (Å²) in [5.41, 5.74) is 2.23. The number of rotatable bonds is 2. The van der Waals surface area contributed by atoms with Gasteiger partial charge in [0, 0.05) is 10.5 Å². The van der Waals surface area contributed by atoms with E-state index in [9.17, 15) is 0 Å². The highest BCUT2D eigenvalue weighted by Crippen LogP contribution is 2.33. The Morgan fingerprint density at radius 2 is 2.05 bits per heavy atom. The molecule has 2 heterocycles. The Bertz CT molecular complexity index is 615.